The Morgan fingerprint density at radius 2 is 1.57 bits per heavy atom. The zero-order valence-electron chi connectivity index (χ0n) is 17.7. The van der Waals surface area contributed by atoms with Crippen LogP contribution in [0, 0.1) is 0 Å². The van der Waals surface area contributed by atoms with Crippen LogP contribution in [0.25, 0.3) is 0 Å². The fourth-order valence-electron chi connectivity index (χ4n) is 3.33. The molecule has 2 aromatic rings. The third-order valence-corrected chi connectivity index (χ3v) is 5.73. The number of aryl methyl sites for hydroxylation is 2. The minimum absolute atomic E-state index is 0.564. The summed E-state index contributed by atoms with van der Waals surface area (Å²) in [7, 11) is 4.24. The monoisotopic (exact) mass is 398 g/mol. The molecule has 4 heteroatoms. The smallest absolute Gasteiger partial charge is 0.0867 e. The summed E-state index contributed by atoms with van der Waals surface area (Å²) in [6.45, 7) is 5.50. The molecule has 0 aliphatic rings. The van der Waals surface area contributed by atoms with Gasteiger partial charge in [-0.1, -0.05) is 55.4 Å². The van der Waals surface area contributed by atoms with Crippen LogP contribution in [-0.2, 0) is 12.8 Å². The topological polar surface area (TPSA) is 35.8 Å². The molecular weight excluding hydrogens is 364 g/mol. The molecule has 0 heterocycles. The molecule has 0 aliphatic carbocycles. The van der Waals surface area contributed by atoms with E-state index in [1.54, 1.807) is 0 Å². The maximum Gasteiger partial charge on any atom is 0.0867 e. The van der Waals surface area contributed by atoms with Crippen LogP contribution in [0.1, 0.15) is 49.8 Å². The standard InChI is InChI=1S/C24H34N2OS/c1-19(2)28-23-16-14-22(15-17-23)24(25-27)13-7-11-20-9-5-6-10-21(20)12-8-18-26(3)4/h5-6,9-10,14-17,19,27H,7-8,11-13,18H2,1-4H3. The summed E-state index contributed by atoms with van der Waals surface area (Å²) >= 11 is 1.85. The summed E-state index contributed by atoms with van der Waals surface area (Å²) in [6, 6.07) is 17.1. The first kappa shape index (κ1) is 22.5. The molecule has 0 fully saturated rings. The zero-order chi connectivity index (χ0) is 20.4. The minimum atomic E-state index is 0.564. The van der Waals surface area contributed by atoms with Crippen molar-refractivity contribution in [2.45, 2.75) is 56.1 Å². The Labute approximate surface area is 174 Å². The third-order valence-electron chi connectivity index (χ3n) is 4.71. The van der Waals surface area contributed by atoms with Crippen LogP contribution in [0.4, 0.5) is 0 Å². The molecule has 0 bridgehead atoms. The summed E-state index contributed by atoms with van der Waals surface area (Å²) in [5, 5.41) is 13.6. The fraction of sp³-hybridized carbons (Fsp3) is 0.458. The number of benzene rings is 2. The van der Waals surface area contributed by atoms with Crippen LogP contribution < -0.4 is 0 Å². The Kier molecular flexibility index (Phi) is 9.59. The van der Waals surface area contributed by atoms with E-state index in [1.807, 2.05) is 11.8 Å². The van der Waals surface area contributed by atoms with E-state index in [1.165, 1.54) is 22.4 Å². The first-order valence-corrected chi connectivity index (χ1v) is 11.1. The summed E-state index contributed by atoms with van der Waals surface area (Å²) in [4.78, 5) is 3.49. The lowest BCUT2D eigenvalue weighted by Gasteiger charge is -2.12. The zero-order valence-corrected chi connectivity index (χ0v) is 18.5. The molecule has 0 saturated carbocycles. The van der Waals surface area contributed by atoms with Gasteiger partial charge in [-0.2, -0.15) is 0 Å². The highest BCUT2D eigenvalue weighted by Gasteiger charge is 2.08. The van der Waals surface area contributed by atoms with Crippen molar-refractivity contribution in [3.05, 3.63) is 65.2 Å². The van der Waals surface area contributed by atoms with Crippen molar-refractivity contribution in [1.29, 1.82) is 0 Å². The van der Waals surface area contributed by atoms with Crippen LogP contribution in [0.5, 0.6) is 0 Å². The molecule has 0 atom stereocenters. The average molecular weight is 399 g/mol. The van der Waals surface area contributed by atoms with Crippen LogP contribution >= 0.6 is 11.8 Å². The Bertz CT molecular complexity index is 739. The predicted octanol–water partition coefficient (Wildman–Crippen LogP) is 5.88. The van der Waals surface area contributed by atoms with E-state index < -0.39 is 0 Å². The highest BCUT2D eigenvalue weighted by molar-refractivity contribution is 7.99. The summed E-state index contributed by atoms with van der Waals surface area (Å²) < 4.78 is 0. The molecule has 3 nitrogen and oxygen atoms in total. The van der Waals surface area contributed by atoms with Gasteiger partial charge in [0.2, 0.25) is 0 Å². The number of hydrogen-bond donors (Lipinski definition) is 1. The van der Waals surface area contributed by atoms with E-state index in [0.717, 1.165) is 43.5 Å². The lowest BCUT2D eigenvalue weighted by atomic mass is 9.96. The highest BCUT2D eigenvalue weighted by Crippen LogP contribution is 2.23. The van der Waals surface area contributed by atoms with Gasteiger partial charge in [-0.15, -0.1) is 11.8 Å². The number of rotatable bonds is 11. The number of hydrogen-bond acceptors (Lipinski definition) is 4. The lowest BCUT2D eigenvalue weighted by molar-refractivity contribution is 0.318. The largest absolute Gasteiger partial charge is 0.411 e. The van der Waals surface area contributed by atoms with Crippen molar-refractivity contribution in [1.82, 2.24) is 4.90 Å². The molecule has 0 amide bonds. The van der Waals surface area contributed by atoms with Gasteiger partial charge in [-0.05, 0) is 81.6 Å². The number of thioether (sulfide) groups is 1. The van der Waals surface area contributed by atoms with Gasteiger partial charge in [0.15, 0.2) is 0 Å². The average Bonchev–Trinajstić information content (AvgIpc) is 2.66. The summed E-state index contributed by atoms with van der Waals surface area (Å²) in [6.07, 6.45) is 5.06. The molecule has 0 radical (unpaired) electrons. The molecule has 2 aromatic carbocycles. The van der Waals surface area contributed by atoms with E-state index in [-0.39, 0.29) is 0 Å². The molecular formula is C24H34N2OS. The van der Waals surface area contributed by atoms with Crippen molar-refractivity contribution >= 4 is 17.5 Å². The van der Waals surface area contributed by atoms with E-state index in [0.29, 0.717) is 5.25 Å². The second-order valence-corrected chi connectivity index (χ2v) is 9.42. The quantitative estimate of drug-likeness (QED) is 0.222. The van der Waals surface area contributed by atoms with Gasteiger partial charge < -0.3 is 10.1 Å². The maximum atomic E-state index is 9.49. The Morgan fingerprint density at radius 3 is 2.11 bits per heavy atom. The summed E-state index contributed by atoms with van der Waals surface area (Å²) in [5.41, 5.74) is 4.64. The van der Waals surface area contributed by atoms with Crippen molar-refractivity contribution < 1.29 is 5.21 Å². The predicted molar refractivity (Wildman–Crippen MR) is 122 cm³/mol. The van der Waals surface area contributed by atoms with Gasteiger partial charge >= 0.3 is 0 Å². The molecule has 0 spiro atoms. The van der Waals surface area contributed by atoms with Crippen molar-refractivity contribution in [2.75, 3.05) is 20.6 Å². The molecule has 0 aliphatic heterocycles. The molecule has 152 valence electrons. The second-order valence-electron chi connectivity index (χ2n) is 7.77. The third kappa shape index (κ3) is 7.69. The normalized spacial score (nSPS) is 12.1. The first-order valence-electron chi connectivity index (χ1n) is 10.2. The van der Waals surface area contributed by atoms with Crippen molar-refractivity contribution in [3.8, 4) is 0 Å². The van der Waals surface area contributed by atoms with Gasteiger partial charge in [0.1, 0.15) is 0 Å². The van der Waals surface area contributed by atoms with Crippen LogP contribution in [0.3, 0.4) is 0 Å². The molecule has 1 N–H and O–H groups in total. The van der Waals surface area contributed by atoms with E-state index in [9.17, 15) is 5.21 Å². The number of nitrogens with zero attached hydrogens (tertiary/aromatic N) is 2. The van der Waals surface area contributed by atoms with Gasteiger partial charge in [0, 0.05) is 10.1 Å². The second kappa shape index (κ2) is 11.9. The van der Waals surface area contributed by atoms with E-state index >= 15 is 0 Å². The molecule has 28 heavy (non-hydrogen) atoms. The van der Waals surface area contributed by atoms with Gasteiger partial charge in [-0.3, -0.25) is 0 Å². The van der Waals surface area contributed by atoms with Crippen LogP contribution in [0.2, 0.25) is 0 Å². The Morgan fingerprint density at radius 1 is 0.964 bits per heavy atom. The van der Waals surface area contributed by atoms with E-state index in [2.05, 4.69) is 86.5 Å². The van der Waals surface area contributed by atoms with E-state index in [4.69, 9.17) is 0 Å². The molecule has 2 rings (SSSR count). The molecule has 0 unspecified atom stereocenters. The Balaban J connectivity index is 1.91. The maximum absolute atomic E-state index is 9.49. The highest BCUT2D eigenvalue weighted by atomic mass is 32.2. The Hall–Kier alpha value is -1.78. The summed E-state index contributed by atoms with van der Waals surface area (Å²) in [5.74, 6) is 0. The van der Waals surface area contributed by atoms with Crippen LogP contribution in [0.15, 0.2) is 58.6 Å². The lowest BCUT2D eigenvalue weighted by Crippen LogP contribution is -2.13. The number of oxime groups is 1. The first-order chi connectivity index (χ1) is 13.5. The van der Waals surface area contributed by atoms with Gasteiger partial charge in [0.05, 0.1) is 5.71 Å². The SMILES string of the molecule is CC(C)Sc1ccc(C(CCCc2ccccc2CCCN(C)C)=NO)cc1. The van der Waals surface area contributed by atoms with Gasteiger partial charge in [0.25, 0.3) is 0 Å². The fourth-order valence-corrected chi connectivity index (χ4v) is 4.16. The van der Waals surface area contributed by atoms with Crippen LogP contribution in [-0.4, -0.2) is 41.7 Å². The van der Waals surface area contributed by atoms with Crippen molar-refractivity contribution in [2.24, 2.45) is 5.16 Å². The molecule has 0 aromatic heterocycles. The van der Waals surface area contributed by atoms with Crippen molar-refractivity contribution in [3.63, 3.8) is 0 Å². The molecule has 0 saturated heterocycles. The minimum Gasteiger partial charge on any atom is -0.411 e. The van der Waals surface area contributed by atoms with Gasteiger partial charge in [-0.25, -0.2) is 0 Å².